The molecule has 0 aliphatic carbocycles. The van der Waals surface area contributed by atoms with Crippen molar-refractivity contribution in [2.75, 3.05) is 16.4 Å². The Kier molecular flexibility index (Phi) is 6.78. The fourth-order valence-electron chi connectivity index (χ4n) is 3.26. The Morgan fingerprint density at radius 3 is 2.50 bits per heavy atom. The van der Waals surface area contributed by atoms with Crippen molar-refractivity contribution >= 4 is 57.3 Å². The molecule has 4 nitrogen and oxygen atoms in total. The van der Waals surface area contributed by atoms with E-state index in [1.807, 2.05) is 79.7 Å². The van der Waals surface area contributed by atoms with Crippen molar-refractivity contribution in [1.82, 2.24) is 0 Å². The van der Waals surface area contributed by atoms with E-state index in [0.717, 1.165) is 21.2 Å². The summed E-state index contributed by atoms with van der Waals surface area (Å²) in [6.45, 7) is 1.92. The molecule has 0 bridgehead atoms. The molecule has 2 amide bonds. The molecule has 2 N–H and O–H groups in total. The number of hydrogen-bond acceptors (Lipinski definition) is 3. The van der Waals surface area contributed by atoms with Gasteiger partial charge in [-0.15, -0.1) is 11.8 Å². The zero-order valence-corrected chi connectivity index (χ0v) is 19.0. The SMILES string of the molecule is Cc1ccc(Cl)cc1NC(=O)CSc1cccc(NC(=O)c2ccc3ccccc3c2)c1. The molecule has 0 aliphatic heterocycles. The summed E-state index contributed by atoms with van der Waals surface area (Å²) in [7, 11) is 0. The second-order valence-electron chi connectivity index (χ2n) is 7.34. The highest BCUT2D eigenvalue weighted by molar-refractivity contribution is 8.00. The molecule has 0 saturated carbocycles. The van der Waals surface area contributed by atoms with Crippen molar-refractivity contribution in [3.63, 3.8) is 0 Å². The van der Waals surface area contributed by atoms with Crippen LogP contribution < -0.4 is 10.6 Å². The first kappa shape index (κ1) is 21.9. The van der Waals surface area contributed by atoms with E-state index in [1.54, 1.807) is 12.1 Å². The molecular weight excluding hydrogens is 440 g/mol. The summed E-state index contributed by atoms with van der Waals surface area (Å²) >= 11 is 7.41. The van der Waals surface area contributed by atoms with Crippen molar-refractivity contribution in [1.29, 1.82) is 0 Å². The number of amides is 2. The maximum absolute atomic E-state index is 12.7. The van der Waals surface area contributed by atoms with Crippen LogP contribution in [0, 0.1) is 6.92 Å². The third-order valence-electron chi connectivity index (χ3n) is 4.95. The highest BCUT2D eigenvalue weighted by Gasteiger charge is 2.09. The summed E-state index contributed by atoms with van der Waals surface area (Å²) in [5.41, 5.74) is 2.93. The smallest absolute Gasteiger partial charge is 0.255 e. The third kappa shape index (κ3) is 5.49. The van der Waals surface area contributed by atoms with E-state index in [0.29, 0.717) is 22.0 Å². The van der Waals surface area contributed by atoms with Crippen molar-refractivity contribution in [3.05, 3.63) is 101 Å². The maximum atomic E-state index is 12.7. The summed E-state index contributed by atoms with van der Waals surface area (Å²) in [5.74, 6) is -0.0494. The molecule has 0 aliphatic rings. The molecular formula is C26H21ClN2O2S. The largest absolute Gasteiger partial charge is 0.325 e. The van der Waals surface area contributed by atoms with Gasteiger partial charge in [0.05, 0.1) is 5.75 Å². The molecule has 4 aromatic rings. The Bertz CT molecular complexity index is 1310. The number of halogens is 1. The van der Waals surface area contributed by atoms with Crippen LogP contribution >= 0.6 is 23.4 Å². The molecule has 0 saturated heterocycles. The average molecular weight is 461 g/mol. The summed E-state index contributed by atoms with van der Waals surface area (Å²) < 4.78 is 0. The van der Waals surface area contributed by atoms with Gasteiger partial charge in [-0.25, -0.2) is 0 Å². The van der Waals surface area contributed by atoms with E-state index >= 15 is 0 Å². The molecule has 4 aromatic carbocycles. The lowest BCUT2D eigenvalue weighted by molar-refractivity contribution is -0.113. The van der Waals surface area contributed by atoms with Crippen molar-refractivity contribution in [2.45, 2.75) is 11.8 Å². The molecule has 0 fully saturated rings. The van der Waals surface area contributed by atoms with Crippen LogP contribution in [0.25, 0.3) is 10.8 Å². The van der Waals surface area contributed by atoms with Crippen LogP contribution in [-0.4, -0.2) is 17.6 Å². The molecule has 0 heterocycles. The fraction of sp³-hybridized carbons (Fsp3) is 0.0769. The molecule has 4 rings (SSSR count). The fourth-order valence-corrected chi connectivity index (χ4v) is 4.19. The molecule has 0 atom stereocenters. The van der Waals surface area contributed by atoms with Crippen LogP contribution in [0.15, 0.2) is 89.8 Å². The summed E-state index contributed by atoms with van der Waals surface area (Å²) in [5, 5.41) is 8.51. The van der Waals surface area contributed by atoms with Gasteiger partial charge in [0, 0.05) is 26.9 Å². The lowest BCUT2D eigenvalue weighted by Gasteiger charge is -2.10. The average Bonchev–Trinajstić information content (AvgIpc) is 2.80. The number of carbonyl (C=O) groups excluding carboxylic acids is 2. The van der Waals surface area contributed by atoms with Gasteiger partial charge in [-0.05, 0) is 65.7 Å². The molecule has 0 unspecified atom stereocenters. The third-order valence-corrected chi connectivity index (χ3v) is 6.18. The van der Waals surface area contributed by atoms with Crippen molar-refractivity contribution in [3.8, 4) is 0 Å². The first-order valence-corrected chi connectivity index (χ1v) is 11.4. The molecule has 6 heteroatoms. The zero-order chi connectivity index (χ0) is 22.5. The number of rotatable bonds is 6. The van der Waals surface area contributed by atoms with Crippen molar-refractivity contribution in [2.24, 2.45) is 0 Å². The molecule has 32 heavy (non-hydrogen) atoms. The molecule has 0 spiro atoms. The number of fused-ring (bicyclic) bond motifs is 1. The highest BCUT2D eigenvalue weighted by Crippen LogP contribution is 2.24. The van der Waals surface area contributed by atoms with Gasteiger partial charge in [0.1, 0.15) is 0 Å². The van der Waals surface area contributed by atoms with Gasteiger partial charge in [-0.1, -0.05) is 54.1 Å². The van der Waals surface area contributed by atoms with Gasteiger partial charge in [0.2, 0.25) is 5.91 Å². The summed E-state index contributed by atoms with van der Waals surface area (Å²) in [4.78, 5) is 26.0. The second kappa shape index (κ2) is 9.90. The minimum Gasteiger partial charge on any atom is -0.325 e. The monoisotopic (exact) mass is 460 g/mol. The normalized spacial score (nSPS) is 10.7. The Hall–Kier alpha value is -3.28. The quantitative estimate of drug-likeness (QED) is 0.311. The van der Waals surface area contributed by atoms with E-state index in [1.165, 1.54) is 11.8 Å². The van der Waals surface area contributed by atoms with E-state index < -0.39 is 0 Å². The second-order valence-corrected chi connectivity index (χ2v) is 8.83. The Morgan fingerprint density at radius 1 is 0.844 bits per heavy atom. The van der Waals surface area contributed by atoms with Gasteiger partial charge < -0.3 is 10.6 Å². The van der Waals surface area contributed by atoms with E-state index in [9.17, 15) is 9.59 Å². The van der Waals surface area contributed by atoms with Crippen LogP contribution in [0.3, 0.4) is 0 Å². The first-order chi connectivity index (χ1) is 15.5. The lowest BCUT2D eigenvalue weighted by Crippen LogP contribution is -2.15. The first-order valence-electron chi connectivity index (χ1n) is 10.1. The van der Waals surface area contributed by atoms with Crippen LogP contribution in [0.1, 0.15) is 15.9 Å². The number of carbonyl (C=O) groups is 2. The maximum Gasteiger partial charge on any atom is 0.255 e. The number of aryl methyl sites for hydroxylation is 1. The summed E-state index contributed by atoms with van der Waals surface area (Å²) in [6, 6.07) is 26.4. The predicted molar refractivity (Wildman–Crippen MR) is 134 cm³/mol. The van der Waals surface area contributed by atoms with Crippen LogP contribution in [0.4, 0.5) is 11.4 Å². The molecule has 0 aromatic heterocycles. The van der Waals surface area contributed by atoms with Crippen molar-refractivity contribution < 1.29 is 9.59 Å². The Morgan fingerprint density at radius 2 is 1.66 bits per heavy atom. The standard InChI is InChI=1S/C26H21ClN2O2S/c1-17-9-12-21(27)14-24(17)29-25(30)16-32-23-8-4-7-22(15-23)28-26(31)20-11-10-18-5-2-3-6-19(18)13-20/h2-15H,16H2,1H3,(H,28,31)(H,29,30). The van der Waals surface area contributed by atoms with Crippen LogP contribution in [0.5, 0.6) is 0 Å². The van der Waals surface area contributed by atoms with Gasteiger partial charge in [0.15, 0.2) is 0 Å². The number of benzene rings is 4. The Balaban J connectivity index is 1.38. The zero-order valence-electron chi connectivity index (χ0n) is 17.4. The highest BCUT2D eigenvalue weighted by atomic mass is 35.5. The van der Waals surface area contributed by atoms with Gasteiger partial charge in [-0.3, -0.25) is 9.59 Å². The topological polar surface area (TPSA) is 58.2 Å². The van der Waals surface area contributed by atoms with Crippen LogP contribution in [-0.2, 0) is 4.79 Å². The van der Waals surface area contributed by atoms with E-state index in [4.69, 9.17) is 11.6 Å². The predicted octanol–water partition coefficient (Wildman–Crippen LogP) is 6.78. The minimum atomic E-state index is -0.174. The molecule has 0 radical (unpaired) electrons. The number of hydrogen-bond donors (Lipinski definition) is 2. The van der Waals surface area contributed by atoms with Gasteiger partial charge >= 0.3 is 0 Å². The van der Waals surface area contributed by atoms with E-state index in [-0.39, 0.29) is 17.6 Å². The number of thioether (sulfide) groups is 1. The van der Waals surface area contributed by atoms with Gasteiger partial charge in [-0.2, -0.15) is 0 Å². The van der Waals surface area contributed by atoms with Gasteiger partial charge in [0.25, 0.3) is 5.91 Å². The molecule has 160 valence electrons. The summed E-state index contributed by atoms with van der Waals surface area (Å²) in [6.07, 6.45) is 0. The number of nitrogens with one attached hydrogen (secondary N) is 2. The van der Waals surface area contributed by atoms with E-state index in [2.05, 4.69) is 10.6 Å². The van der Waals surface area contributed by atoms with Crippen LogP contribution in [0.2, 0.25) is 5.02 Å². The number of anilines is 2. The lowest BCUT2D eigenvalue weighted by atomic mass is 10.1. The Labute approximate surface area is 196 Å². The minimum absolute atomic E-state index is 0.119.